The molecule has 1 aliphatic heterocycles. The second kappa shape index (κ2) is 13.0. The molecule has 45 heavy (non-hydrogen) atoms. The Morgan fingerprint density at radius 1 is 0.867 bits per heavy atom. The number of carbonyl (C=O) groups is 2. The van der Waals surface area contributed by atoms with Crippen molar-refractivity contribution in [1.82, 2.24) is 25.0 Å². The smallest absolute Gasteiger partial charge is 0.323 e. The molecule has 1 fully saturated rings. The molecule has 0 aliphatic carbocycles. The fourth-order valence-electron chi connectivity index (χ4n) is 4.94. The summed E-state index contributed by atoms with van der Waals surface area (Å²) in [5.41, 5.74) is 5.44. The number of ether oxygens (including phenoxy) is 1. The van der Waals surface area contributed by atoms with Crippen molar-refractivity contribution in [2.75, 3.05) is 66.1 Å². The average molecular weight is 607 g/mol. The number of rotatable bonds is 8. The van der Waals surface area contributed by atoms with E-state index in [9.17, 15) is 9.59 Å². The van der Waals surface area contributed by atoms with Gasteiger partial charge in [0, 0.05) is 67.6 Å². The maximum absolute atomic E-state index is 12.7. The maximum Gasteiger partial charge on any atom is 0.323 e. The number of nitrogens with one attached hydrogen (secondary N) is 3. The van der Waals surface area contributed by atoms with Gasteiger partial charge in [-0.1, -0.05) is 11.3 Å². The number of fused-ring (bicyclic) bond motifs is 1. The number of amides is 3. The number of nitrogens with zero attached hydrogens (tertiary/aromatic N) is 7. The van der Waals surface area contributed by atoms with Gasteiger partial charge in [-0.05, 0) is 73.7 Å². The lowest BCUT2D eigenvalue weighted by Gasteiger charge is -2.27. The van der Waals surface area contributed by atoms with E-state index in [1.54, 1.807) is 47.1 Å². The van der Waals surface area contributed by atoms with Crippen LogP contribution in [0.2, 0.25) is 0 Å². The summed E-state index contributed by atoms with van der Waals surface area (Å²) in [6, 6.07) is 21.2. The lowest BCUT2D eigenvalue weighted by molar-refractivity contribution is 0.102. The monoisotopic (exact) mass is 606 g/mol. The Bertz CT molecular complexity index is 1810. The van der Waals surface area contributed by atoms with Crippen LogP contribution in [-0.2, 0) is 11.3 Å². The van der Waals surface area contributed by atoms with E-state index >= 15 is 0 Å². The Labute approximate surface area is 260 Å². The lowest BCUT2D eigenvalue weighted by atomic mass is 10.1. The van der Waals surface area contributed by atoms with Crippen molar-refractivity contribution in [3.63, 3.8) is 0 Å². The Hall–Kier alpha value is -5.56. The Kier molecular flexibility index (Phi) is 8.51. The van der Waals surface area contributed by atoms with Gasteiger partial charge in [0.2, 0.25) is 0 Å². The molecule has 13 heteroatoms. The van der Waals surface area contributed by atoms with E-state index in [4.69, 9.17) is 14.7 Å². The minimum absolute atomic E-state index is 0.212. The summed E-state index contributed by atoms with van der Waals surface area (Å²) in [5.74, 6) is 1.08. The summed E-state index contributed by atoms with van der Waals surface area (Å²) in [4.78, 5) is 39.1. The highest BCUT2D eigenvalue weighted by Crippen LogP contribution is 2.28. The molecular formula is C32H34N10O3. The van der Waals surface area contributed by atoms with E-state index in [-0.39, 0.29) is 5.91 Å². The number of morpholine rings is 1. The van der Waals surface area contributed by atoms with E-state index in [0.29, 0.717) is 72.5 Å². The molecule has 230 valence electrons. The number of hydrogen-bond acceptors (Lipinski definition) is 9. The van der Waals surface area contributed by atoms with Gasteiger partial charge in [0.05, 0.1) is 13.2 Å². The first-order chi connectivity index (χ1) is 21.9. The van der Waals surface area contributed by atoms with Gasteiger partial charge in [-0.15, -0.1) is 5.10 Å². The molecule has 0 radical (unpaired) electrons. The van der Waals surface area contributed by atoms with Gasteiger partial charge < -0.3 is 30.5 Å². The molecule has 2 aromatic heterocycles. The zero-order valence-electron chi connectivity index (χ0n) is 25.3. The lowest BCUT2D eigenvalue weighted by Crippen LogP contribution is -2.37. The van der Waals surface area contributed by atoms with Gasteiger partial charge >= 0.3 is 6.03 Å². The molecule has 0 spiro atoms. The molecule has 0 atom stereocenters. The molecule has 3 amide bonds. The summed E-state index contributed by atoms with van der Waals surface area (Å²) in [5, 5.41) is 17.2. The highest BCUT2D eigenvalue weighted by atomic mass is 16.5. The molecule has 1 aliphatic rings. The van der Waals surface area contributed by atoms with Crippen LogP contribution in [0.15, 0.2) is 72.8 Å². The minimum Gasteiger partial charge on any atom is -0.378 e. The average Bonchev–Trinajstić information content (AvgIpc) is 3.49. The van der Waals surface area contributed by atoms with Crippen molar-refractivity contribution in [2.24, 2.45) is 0 Å². The molecule has 3 heterocycles. The van der Waals surface area contributed by atoms with Crippen molar-refractivity contribution in [3.8, 4) is 11.4 Å². The van der Waals surface area contributed by atoms with Crippen LogP contribution in [0.4, 0.5) is 33.4 Å². The number of carbonyl (C=O) groups excluding carboxylic acids is 2. The van der Waals surface area contributed by atoms with Crippen LogP contribution >= 0.6 is 0 Å². The second-order valence-corrected chi connectivity index (χ2v) is 10.7. The maximum atomic E-state index is 12.7. The van der Waals surface area contributed by atoms with Crippen LogP contribution in [-0.4, -0.2) is 77.3 Å². The largest absolute Gasteiger partial charge is 0.378 e. The molecule has 3 N–H and O–H groups in total. The van der Waals surface area contributed by atoms with Gasteiger partial charge in [0.15, 0.2) is 22.8 Å². The number of benzene rings is 3. The van der Waals surface area contributed by atoms with E-state index < -0.39 is 6.03 Å². The van der Waals surface area contributed by atoms with Crippen molar-refractivity contribution in [3.05, 3.63) is 78.4 Å². The highest BCUT2D eigenvalue weighted by Gasteiger charge is 2.21. The van der Waals surface area contributed by atoms with Crippen LogP contribution in [0.25, 0.3) is 22.6 Å². The summed E-state index contributed by atoms with van der Waals surface area (Å²) in [6.45, 7) is 5.30. The summed E-state index contributed by atoms with van der Waals surface area (Å²) in [7, 11) is 3.85. The van der Waals surface area contributed by atoms with Crippen LogP contribution in [0, 0.1) is 0 Å². The van der Waals surface area contributed by atoms with Gasteiger partial charge in [-0.3, -0.25) is 4.79 Å². The molecular weight excluding hydrogens is 572 g/mol. The van der Waals surface area contributed by atoms with Crippen molar-refractivity contribution in [1.29, 1.82) is 0 Å². The third-order valence-electron chi connectivity index (χ3n) is 7.38. The SMILES string of the molecule is CCn1nnc2c(N3CCOCC3)nc(-c3ccc(NC(=O)Nc4ccc(NC(=O)c5cccc(N(C)C)c5)cc4)cc3)nc21. The fraction of sp³-hybridized carbons (Fsp3) is 0.250. The van der Waals surface area contributed by atoms with Crippen molar-refractivity contribution < 1.29 is 14.3 Å². The predicted octanol–water partition coefficient (Wildman–Crippen LogP) is 4.71. The van der Waals surface area contributed by atoms with Crippen LogP contribution in [0.3, 0.4) is 0 Å². The number of aromatic nitrogens is 5. The predicted molar refractivity (Wildman–Crippen MR) is 175 cm³/mol. The number of urea groups is 1. The van der Waals surface area contributed by atoms with Crippen LogP contribution in [0.5, 0.6) is 0 Å². The molecule has 3 aromatic carbocycles. The first-order valence-corrected chi connectivity index (χ1v) is 14.7. The highest BCUT2D eigenvalue weighted by molar-refractivity contribution is 6.05. The molecule has 0 saturated carbocycles. The Morgan fingerprint density at radius 2 is 1.51 bits per heavy atom. The molecule has 6 rings (SSSR count). The van der Waals surface area contributed by atoms with E-state index in [1.165, 1.54) is 0 Å². The normalized spacial score (nSPS) is 13.0. The quantitative estimate of drug-likeness (QED) is 0.229. The number of aryl methyl sites for hydroxylation is 1. The van der Waals surface area contributed by atoms with Crippen LogP contribution < -0.4 is 25.8 Å². The number of hydrogen-bond donors (Lipinski definition) is 3. The Morgan fingerprint density at radius 3 is 2.16 bits per heavy atom. The first kappa shape index (κ1) is 29.5. The van der Waals surface area contributed by atoms with Crippen LogP contribution in [0.1, 0.15) is 17.3 Å². The first-order valence-electron chi connectivity index (χ1n) is 14.7. The Balaban J connectivity index is 1.10. The molecule has 13 nitrogen and oxygen atoms in total. The summed E-state index contributed by atoms with van der Waals surface area (Å²) in [6.07, 6.45) is 0. The van der Waals surface area contributed by atoms with E-state index in [2.05, 4.69) is 31.2 Å². The third-order valence-corrected chi connectivity index (χ3v) is 7.38. The molecule has 1 saturated heterocycles. The fourth-order valence-corrected chi connectivity index (χ4v) is 4.94. The van der Waals surface area contributed by atoms with Gasteiger partial charge in [-0.2, -0.15) is 0 Å². The summed E-state index contributed by atoms with van der Waals surface area (Å²) >= 11 is 0. The zero-order chi connectivity index (χ0) is 31.3. The molecule has 5 aromatic rings. The number of anilines is 5. The van der Waals surface area contributed by atoms with E-state index in [0.717, 1.165) is 17.1 Å². The molecule has 0 bridgehead atoms. The molecule has 0 unspecified atom stereocenters. The standard InChI is InChI=1S/C32H34N10O3/c1-4-42-30-27(38-39-42)29(41-16-18-45-19-17-41)36-28(37-30)21-8-10-24(11-9-21)34-32(44)35-25-14-12-23(13-15-25)33-31(43)22-6-5-7-26(20-22)40(2)3/h5-15,20H,4,16-19H2,1-3H3,(H,33,43)(H2,34,35,44). The zero-order valence-corrected chi connectivity index (χ0v) is 25.3. The topological polar surface area (TPSA) is 142 Å². The third kappa shape index (κ3) is 6.68. The minimum atomic E-state index is -0.398. The summed E-state index contributed by atoms with van der Waals surface area (Å²) < 4.78 is 7.28. The van der Waals surface area contributed by atoms with Gasteiger partial charge in [-0.25, -0.2) is 19.4 Å². The van der Waals surface area contributed by atoms with Crippen molar-refractivity contribution >= 4 is 51.7 Å². The van der Waals surface area contributed by atoms with Gasteiger partial charge in [0.25, 0.3) is 5.91 Å². The second-order valence-electron chi connectivity index (χ2n) is 10.7. The van der Waals surface area contributed by atoms with Crippen molar-refractivity contribution in [2.45, 2.75) is 13.5 Å². The van der Waals surface area contributed by atoms with Gasteiger partial charge in [0.1, 0.15) is 0 Å². The van der Waals surface area contributed by atoms with E-state index in [1.807, 2.05) is 56.3 Å².